The number of para-hydroxylation sites is 2. The van der Waals surface area contributed by atoms with Crippen LogP contribution in [-0.2, 0) is 11.2 Å². The summed E-state index contributed by atoms with van der Waals surface area (Å²) in [5.41, 5.74) is 4.60. The van der Waals surface area contributed by atoms with Gasteiger partial charge in [-0.25, -0.2) is 4.98 Å². The number of allylic oxidation sites excluding steroid dienone is 1. The first-order valence-electron chi connectivity index (χ1n) is 11.3. The van der Waals surface area contributed by atoms with Gasteiger partial charge in [-0.15, -0.1) is 0 Å². The summed E-state index contributed by atoms with van der Waals surface area (Å²) < 4.78 is 2.45. The number of carbonyl (C=O) groups excluding carboxylic acids is 1. The number of carbonyl (C=O) groups is 1. The van der Waals surface area contributed by atoms with Gasteiger partial charge in [-0.3, -0.25) is 4.79 Å². The summed E-state index contributed by atoms with van der Waals surface area (Å²) in [5, 5.41) is 0. The molecule has 0 atom stereocenters. The standard InChI is InChI=1S/C26H29N3O/c30-26(21-11-5-2-6-12-21)28-17-15-22(16-18-28)29-24-14-8-7-13-23(24)27-25(29)19-20-9-3-1-4-10-20/h1,3-4,7-11,13-14,22H,2,5-6,12,15-19H2. The molecule has 2 aromatic carbocycles. The molecule has 5 rings (SSSR count). The summed E-state index contributed by atoms with van der Waals surface area (Å²) in [6.07, 6.45) is 9.35. The molecule has 1 aliphatic carbocycles. The lowest BCUT2D eigenvalue weighted by Gasteiger charge is -2.34. The summed E-state index contributed by atoms with van der Waals surface area (Å²) in [4.78, 5) is 20.0. The third-order valence-corrected chi connectivity index (χ3v) is 6.56. The second-order valence-corrected chi connectivity index (χ2v) is 8.55. The third-order valence-electron chi connectivity index (χ3n) is 6.56. The molecule has 30 heavy (non-hydrogen) atoms. The average molecular weight is 400 g/mol. The predicted molar refractivity (Wildman–Crippen MR) is 120 cm³/mol. The van der Waals surface area contributed by atoms with Crippen LogP contribution in [-0.4, -0.2) is 33.4 Å². The smallest absolute Gasteiger partial charge is 0.249 e. The molecule has 0 unspecified atom stereocenters. The number of hydrogen-bond acceptors (Lipinski definition) is 2. The van der Waals surface area contributed by atoms with Crippen molar-refractivity contribution in [1.82, 2.24) is 14.5 Å². The number of piperidine rings is 1. The molecular formula is C26H29N3O. The van der Waals surface area contributed by atoms with E-state index in [1.807, 2.05) is 0 Å². The van der Waals surface area contributed by atoms with E-state index in [1.54, 1.807) is 0 Å². The van der Waals surface area contributed by atoms with Crippen LogP contribution in [0.25, 0.3) is 11.0 Å². The molecule has 1 aromatic heterocycles. The lowest BCUT2D eigenvalue weighted by Crippen LogP contribution is -2.40. The topological polar surface area (TPSA) is 38.1 Å². The second kappa shape index (κ2) is 8.47. The molecular weight excluding hydrogens is 370 g/mol. The largest absolute Gasteiger partial charge is 0.339 e. The van der Waals surface area contributed by atoms with E-state index in [0.717, 1.165) is 68.5 Å². The molecule has 154 valence electrons. The van der Waals surface area contributed by atoms with Crippen molar-refractivity contribution in [1.29, 1.82) is 0 Å². The van der Waals surface area contributed by atoms with Crippen molar-refractivity contribution < 1.29 is 4.79 Å². The number of imidazole rings is 1. The Balaban J connectivity index is 1.38. The highest BCUT2D eigenvalue weighted by Gasteiger charge is 2.28. The normalized spacial score (nSPS) is 17.9. The Morgan fingerprint density at radius 2 is 1.73 bits per heavy atom. The SMILES string of the molecule is O=C(C1=CCCCC1)N1CCC(n2c(Cc3ccccc3)nc3ccccc32)CC1. The molecule has 0 saturated carbocycles. The number of likely N-dealkylation sites (tertiary alicyclic amines) is 1. The number of rotatable bonds is 4. The highest BCUT2D eigenvalue weighted by Crippen LogP contribution is 2.31. The Hall–Kier alpha value is -2.88. The van der Waals surface area contributed by atoms with Crippen LogP contribution in [0, 0.1) is 0 Å². The molecule has 0 bridgehead atoms. The predicted octanol–water partition coefficient (Wildman–Crippen LogP) is 5.29. The maximum absolute atomic E-state index is 12.9. The Labute approximate surface area is 178 Å². The van der Waals surface area contributed by atoms with Gasteiger partial charge in [0, 0.05) is 31.1 Å². The van der Waals surface area contributed by atoms with E-state index >= 15 is 0 Å². The van der Waals surface area contributed by atoms with Gasteiger partial charge in [0.1, 0.15) is 5.82 Å². The molecule has 1 aliphatic heterocycles. The van der Waals surface area contributed by atoms with Gasteiger partial charge in [0.15, 0.2) is 0 Å². The van der Waals surface area contributed by atoms with Crippen LogP contribution in [0.2, 0.25) is 0 Å². The van der Waals surface area contributed by atoms with Crippen molar-refractivity contribution in [3.8, 4) is 0 Å². The van der Waals surface area contributed by atoms with Crippen LogP contribution in [0.1, 0.15) is 56.0 Å². The quantitative estimate of drug-likeness (QED) is 0.598. The maximum atomic E-state index is 12.9. The van der Waals surface area contributed by atoms with E-state index in [1.165, 1.54) is 17.5 Å². The molecule has 0 N–H and O–H groups in total. The molecule has 1 fully saturated rings. The van der Waals surface area contributed by atoms with Crippen LogP contribution >= 0.6 is 0 Å². The maximum Gasteiger partial charge on any atom is 0.249 e. The summed E-state index contributed by atoms with van der Waals surface area (Å²) in [5.74, 6) is 1.40. The summed E-state index contributed by atoms with van der Waals surface area (Å²) in [6.45, 7) is 1.66. The molecule has 2 aliphatic rings. The van der Waals surface area contributed by atoms with Crippen LogP contribution in [0.3, 0.4) is 0 Å². The van der Waals surface area contributed by atoms with E-state index in [-0.39, 0.29) is 5.91 Å². The van der Waals surface area contributed by atoms with E-state index in [0.29, 0.717) is 6.04 Å². The minimum atomic E-state index is 0.271. The molecule has 4 nitrogen and oxygen atoms in total. The van der Waals surface area contributed by atoms with Crippen molar-refractivity contribution in [3.05, 3.63) is 77.6 Å². The number of amides is 1. The summed E-state index contributed by atoms with van der Waals surface area (Å²) in [7, 11) is 0. The van der Waals surface area contributed by atoms with Gasteiger partial charge in [-0.05, 0) is 56.2 Å². The highest BCUT2D eigenvalue weighted by atomic mass is 16.2. The highest BCUT2D eigenvalue weighted by molar-refractivity contribution is 5.93. The van der Waals surface area contributed by atoms with Crippen molar-refractivity contribution in [3.63, 3.8) is 0 Å². The lowest BCUT2D eigenvalue weighted by molar-refractivity contribution is -0.128. The minimum absolute atomic E-state index is 0.271. The Morgan fingerprint density at radius 3 is 2.50 bits per heavy atom. The zero-order chi connectivity index (χ0) is 20.3. The number of fused-ring (bicyclic) bond motifs is 1. The van der Waals surface area contributed by atoms with Crippen molar-refractivity contribution in [2.24, 2.45) is 0 Å². The summed E-state index contributed by atoms with van der Waals surface area (Å²) in [6, 6.07) is 19.4. The van der Waals surface area contributed by atoms with Crippen LogP contribution < -0.4 is 0 Å². The molecule has 0 radical (unpaired) electrons. The number of hydrogen-bond donors (Lipinski definition) is 0. The molecule has 3 aromatic rings. The monoisotopic (exact) mass is 399 g/mol. The van der Waals surface area contributed by atoms with Crippen LogP contribution in [0.5, 0.6) is 0 Å². The van der Waals surface area contributed by atoms with Crippen LogP contribution in [0.15, 0.2) is 66.2 Å². The van der Waals surface area contributed by atoms with Gasteiger partial charge in [-0.1, -0.05) is 48.5 Å². The van der Waals surface area contributed by atoms with E-state index in [2.05, 4.69) is 70.1 Å². The Morgan fingerprint density at radius 1 is 0.967 bits per heavy atom. The minimum Gasteiger partial charge on any atom is -0.339 e. The zero-order valence-electron chi connectivity index (χ0n) is 17.5. The third kappa shape index (κ3) is 3.79. The summed E-state index contributed by atoms with van der Waals surface area (Å²) >= 11 is 0. The second-order valence-electron chi connectivity index (χ2n) is 8.55. The molecule has 0 spiro atoms. The van der Waals surface area contributed by atoms with Gasteiger partial charge in [0.2, 0.25) is 5.91 Å². The Kier molecular flexibility index (Phi) is 5.39. The average Bonchev–Trinajstić information content (AvgIpc) is 3.17. The fourth-order valence-electron chi connectivity index (χ4n) is 4.97. The Bertz CT molecular complexity index is 1060. The fraction of sp³-hybridized carbons (Fsp3) is 0.385. The molecule has 4 heteroatoms. The van der Waals surface area contributed by atoms with Crippen molar-refractivity contribution in [2.45, 2.75) is 51.0 Å². The zero-order valence-corrected chi connectivity index (χ0v) is 17.5. The number of nitrogens with zero attached hydrogens (tertiary/aromatic N) is 3. The van der Waals surface area contributed by atoms with Gasteiger partial charge in [0.05, 0.1) is 11.0 Å². The molecule has 1 amide bonds. The number of aromatic nitrogens is 2. The van der Waals surface area contributed by atoms with Gasteiger partial charge < -0.3 is 9.47 Å². The van der Waals surface area contributed by atoms with Crippen LogP contribution in [0.4, 0.5) is 0 Å². The first-order chi connectivity index (χ1) is 14.8. The van der Waals surface area contributed by atoms with Gasteiger partial charge >= 0.3 is 0 Å². The lowest BCUT2D eigenvalue weighted by atomic mass is 9.97. The van der Waals surface area contributed by atoms with Crippen molar-refractivity contribution in [2.75, 3.05) is 13.1 Å². The fourth-order valence-corrected chi connectivity index (χ4v) is 4.97. The molecule has 2 heterocycles. The molecule has 1 saturated heterocycles. The first-order valence-corrected chi connectivity index (χ1v) is 11.3. The van der Waals surface area contributed by atoms with E-state index in [9.17, 15) is 4.79 Å². The van der Waals surface area contributed by atoms with Gasteiger partial charge in [-0.2, -0.15) is 0 Å². The van der Waals surface area contributed by atoms with Crippen molar-refractivity contribution >= 4 is 16.9 Å². The first kappa shape index (κ1) is 19.1. The number of benzene rings is 2. The van der Waals surface area contributed by atoms with E-state index in [4.69, 9.17) is 4.98 Å². The van der Waals surface area contributed by atoms with Gasteiger partial charge in [0.25, 0.3) is 0 Å². The van der Waals surface area contributed by atoms with E-state index < -0.39 is 0 Å².